The van der Waals surface area contributed by atoms with Crippen molar-refractivity contribution in [2.24, 2.45) is 0 Å². The fraction of sp³-hybridized carbons (Fsp3) is 0.167. The molecule has 0 fully saturated rings. The minimum atomic E-state index is -4.94. The largest absolute Gasteiger partial charge is 0.480 e. The molecule has 0 aliphatic carbocycles. The number of ether oxygens (including phenoxy) is 1. The van der Waals surface area contributed by atoms with Gasteiger partial charge in [-0.1, -0.05) is 11.3 Å². The number of nitrogens with zero attached hydrogens (tertiary/aromatic N) is 5. The number of fused-ring (bicyclic) bond motifs is 1. The first-order chi connectivity index (χ1) is 15.5. The van der Waals surface area contributed by atoms with E-state index in [0.717, 1.165) is 23.8 Å². The molecule has 0 aliphatic heterocycles. The number of methoxy groups -OCH3 is 1. The molecule has 3 aromatic heterocycles. The molecule has 3 heterocycles. The van der Waals surface area contributed by atoms with E-state index in [4.69, 9.17) is 4.74 Å². The number of sulfone groups is 1. The lowest BCUT2D eigenvalue weighted by atomic mass is 10.2. The van der Waals surface area contributed by atoms with Gasteiger partial charge in [-0.25, -0.2) is 18.1 Å². The Balaban J connectivity index is 1.69. The third kappa shape index (κ3) is 4.49. The number of halogens is 3. The van der Waals surface area contributed by atoms with Gasteiger partial charge in [-0.05, 0) is 24.3 Å². The summed E-state index contributed by atoms with van der Waals surface area (Å²) in [6.45, 7) is 0. The van der Waals surface area contributed by atoms with E-state index in [1.165, 1.54) is 37.4 Å². The van der Waals surface area contributed by atoms with E-state index < -0.39 is 33.2 Å². The number of alkyl halides is 3. The van der Waals surface area contributed by atoms with Gasteiger partial charge in [0.1, 0.15) is 0 Å². The molecule has 0 atom stereocenters. The van der Waals surface area contributed by atoms with Crippen LogP contribution in [0.3, 0.4) is 0 Å². The molecule has 10 nitrogen and oxygen atoms in total. The quantitative estimate of drug-likeness (QED) is 0.445. The fourth-order valence-corrected chi connectivity index (χ4v) is 4.47. The molecule has 1 N–H and O–H groups in total. The summed E-state index contributed by atoms with van der Waals surface area (Å²) in [4.78, 5) is 16.9. The summed E-state index contributed by atoms with van der Waals surface area (Å²) in [7, 11) is -2.14. The van der Waals surface area contributed by atoms with Crippen molar-refractivity contribution < 1.29 is 31.1 Å². The summed E-state index contributed by atoms with van der Waals surface area (Å²) < 4.78 is 70.6. The van der Waals surface area contributed by atoms with Gasteiger partial charge in [0.25, 0.3) is 5.91 Å². The van der Waals surface area contributed by atoms with Crippen LogP contribution < -0.4 is 10.1 Å². The average molecular weight is 498 g/mol. The van der Waals surface area contributed by atoms with Crippen molar-refractivity contribution in [1.82, 2.24) is 25.0 Å². The van der Waals surface area contributed by atoms with Crippen LogP contribution in [0.4, 0.5) is 18.3 Å². The SMILES string of the molecule is COc1ccc(-n2ncc(C(=O)Nc3nc4ccc(S(C)(=O)=O)cc4s3)c2C(F)(F)F)nn1. The summed E-state index contributed by atoms with van der Waals surface area (Å²) in [6.07, 6.45) is -3.14. The minimum absolute atomic E-state index is 0.00855. The summed E-state index contributed by atoms with van der Waals surface area (Å²) in [5.74, 6) is -1.28. The van der Waals surface area contributed by atoms with Crippen molar-refractivity contribution in [3.05, 3.63) is 47.8 Å². The number of carbonyl (C=O) groups is 1. The number of amides is 1. The van der Waals surface area contributed by atoms with Crippen LogP contribution in [0.5, 0.6) is 5.88 Å². The summed E-state index contributed by atoms with van der Waals surface area (Å²) >= 11 is 0.919. The summed E-state index contributed by atoms with van der Waals surface area (Å²) in [6, 6.07) is 6.68. The first-order valence-electron chi connectivity index (χ1n) is 8.92. The van der Waals surface area contributed by atoms with E-state index in [2.05, 4.69) is 25.6 Å². The Kier molecular flexibility index (Phi) is 5.53. The third-order valence-electron chi connectivity index (χ3n) is 4.34. The molecule has 0 spiro atoms. The third-order valence-corrected chi connectivity index (χ3v) is 6.39. The van der Waals surface area contributed by atoms with Gasteiger partial charge in [0.2, 0.25) is 5.88 Å². The van der Waals surface area contributed by atoms with Crippen LogP contribution in [0.15, 0.2) is 41.4 Å². The first-order valence-corrected chi connectivity index (χ1v) is 11.6. The van der Waals surface area contributed by atoms with Crippen LogP contribution in [0.1, 0.15) is 16.1 Å². The molecule has 0 saturated heterocycles. The maximum atomic E-state index is 13.8. The highest BCUT2D eigenvalue weighted by Gasteiger charge is 2.41. The molecule has 0 unspecified atom stereocenters. The normalized spacial score (nSPS) is 12.2. The van der Waals surface area contributed by atoms with E-state index in [0.29, 0.717) is 14.9 Å². The minimum Gasteiger partial charge on any atom is -0.480 e. The molecule has 1 amide bonds. The van der Waals surface area contributed by atoms with E-state index in [9.17, 15) is 26.4 Å². The lowest BCUT2D eigenvalue weighted by Crippen LogP contribution is -2.21. The van der Waals surface area contributed by atoms with Crippen molar-refractivity contribution in [1.29, 1.82) is 0 Å². The number of nitrogens with one attached hydrogen (secondary N) is 1. The number of anilines is 1. The number of hydrogen-bond acceptors (Lipinski definition) is 9. The number of carbonyl (C=O) groups excluding carboxylic acids is 1. The molecular weight excluding hydrogens is 485 g/mol. The molecule has 15 heteroatoms. The second-order valence-corrected chi connectivity index (χ2v) is 9.67. The van der Waals surface area contributed by atoms with Gasteiger partial charge in [0.05, 0.1) is 34.0 Å². The zero-order valence-corrected chi connectivity index (χ0v) is 18.4. The van der Waals surface area contributed by atoms with Crippen molar-refractivity contribution in [3.63, 3.8) is 0 Å². The molecule has 0 bridgehead atoms. The van der Waals surface area contributed by atoms with Crippen molar-refractivity contribution >= 4 is 42.4 Å². The molecule has 0 aliphatic rings. The molecule has 33 heavy (non-hydrogen) atoms. The highest BCUT2D eigenvalue weighted by molar-refractivity contribution is 7.90. The molecule has 4 rings (SSSR count). The van der Waals surface area contributed by atoms with Crippen molar-refractivity contribution in [2.45, 2.75) is 11.1 Å². The van der Waals surface area contributed by atoms with Gasteiger partial charge >= 0.3 is 6.18 Å². The second-order valence-electron chi connectivity index (χ2n) is 6.63. The zero-order valence-electron chi connectivity index (χ0n) is 16.8. The molecule has 0 radical (unpaired) electrons. The predicted octanol–water partition coefficient (Wildman–Crippen LogP) is 2.96. The van der Waals surface area contributed by atoms with Crippen LogP contribution in [-0.4, -0.2) is 52.7 Å². The summed E-state index contributed by atoms with van der Waals surface area (Å²) in [5, 5.41) is 13.2. The van der Waals surface area contributed by atoms with Gasteiger partial charge in [-0.15, -0.1) is 10.2 Å². The Bertz CT molecular complexity index is 1460. The Morgan fingerprint density at radius 1 is 1.18 bits per heavy atom. The Morgan fingerprint density at radius 2 is 1.94 bits per heavy atom. The second kappa shape index (κ2) is 8.08. The number of rotatable bonds is 5. The highest BCUT2D eigenvalue weighted by Crippen LogP contribution is 2.34. The molecule has 1 aromatic carbocycles. The van der Waals surface area contributed by atoms with Crippen LogP contribution in [0.25, 0.3) is 16.0 Å². The number of hydrogen-bond donors (Lipinski definition) is 1. The maximum absolute atomic E-state index is 13.8. The molecule has 0 saturated carbocycles. The molecule has 4 aromatic rings. The van der Waals surface area contributed by atoms with Crippen LogP contribution >= 0.6 is 11.3 Å². The van der Waals surface area contributed by atoms with Gasteiger partial charge in [0.15, 0.2) is 26.5 Å². The first kappa shape index (κ1) is 22.6. The van der Waals surface area contributed by atoms with Gasteiger partial charge < -0.3 is 4.74 Å². The number of aromatic nitrogens is 5. The topological polar surface area (TPSA) is 129 Å². The van der Waals surface area contributed by atoms with Gasteiger partial charge in [-0.3, -0.25) is 10.1 Å². The van der Waals surface area contributed by atoms with Gasteiger partial charge in [-0.2, -0.15) is 18.3 Å². The predicted molar refractivity (Wildman–Crippen MR) is 111 cm³/mol. The number of thiazole rings is 1. The van der Waals surface area contributed by atoms with Crippen LogP contribution in [0, 0.1) is 0 Å². The summed E-state index contributed by atoms with van der Waals surface area (Å²) in [5.41, 5.74) is -1.72. The van der Waals surface area contributed by atoms with Crippen molar-refractivity contribution in [2.75, 3.05) is 18.7 Å². The molecular formula is C18H13F3N6O4S2. The Morgan fingerprint density at radius 3 is 2.55 bits per heavy atom. The highest BCUT2D eigenvalue weighted by atomic mass is 32.2. The maximum Gasteiger partial charge on any atom is 0.434 e. The Labute approximate surface area is 188 Å². The zero-order chi connectivity index (χ0) is 24.0. The standard InChI is InChI=1S/C18H13F3N6O4S2/c1-31-14-6-5-13(25-26-14)27-15(18(19,20)21)10(8-22-27)16(28)24-17-23-11-4-3-9(33(2,29)30)7-12(11)32-17/h3-8H,1-2H3,(H,23,24,28). The lowest BCUT2D eigenvalue weighted by molar-refractivity contribution is -0.143. The average Bonchev–Trinajstić information content (AvgIpc) is 3.36. The van der Waals surface area contributed by atoms with Crippen LogP contribution in [-0.2, 0) is 16.0 Å². The Hall–Kier alpha value is -3.59. The van der Waals surface area contributed by atoms with E-state index in [1.807, 2.05) is 0 Å². The fourth-order valence-electron chi connectivity index (χ4n) is 2.85. The van der Waals surface area contributed by atoms with Crippen molar-refractivity contribution in [3.8, 4) is 11.7 Å². The lowest BCUT2D eigenvalue weighted by Gasteiger charge is -2.11. The van der Waals surface area contributed by atoms with E-state index in [-0.39, 0.29) is 21.7 Å². The van der Waals surface area contributed by atoms with Crippen LogP contribution in [0.2, 0.25) is 0 Å². The smallest absolute Gasteiger partial charge is 0.434 e. The van der Waals surface area contributed by atoms with E-state index >= 15 is 0 Å². The van der Waals surface area contributed by atoms with Gasteiger partial charge in [0, 0.05) is 12.3 Å². The monoisotopic (exact) mass is 498 g/mol. The molecule has 172 valence electrons. The number of benzene rings is 1. The van der Waals surface area contributed by atoms with E-state index in [1.54, 1.807) is 0 Å².